The molecule has 6 nitrogen and oxygen atoms in total. The molecular formula is C21H25Cl2N5O. The molecule has 3 aromatic rings. The molecule has 29 heavy (non-hydrogen) atoms. The maximum Gasteiger partial charge on any atom is 0.323 e. The molecule has 0 bridgehead atoms. The molecule has 0 aliphatic carbocycles. The Bertz CT molecular complexity index is 1020. The number of H-pyrrole nitrogens is 2. The molecule has 0 amide bonds. The molecule has 0 spiro atoms. The molecule has 0 radical (unpaired) electrons. The number of benzene rings is 2. The zero-order valence-electron chi connectivity index (χ0n) is 16.2. The fourth-order valence-corrected chi connectivity index (χ4v) is 4.20. The van der Waals surface area contributed by atoms with Gasteiger partial charge in [0.25, 0.3) is 0 Å². The lowest BCUT2D eigenvalue weighted by atomic mass is 10.2. The summed E-state index contributed by atoms with van der Waals surface area (Å²) in [6, 6.07) is 11.7. The van der Waals surface area contributed by atoms with Gasteiger partial charge in [-0.3, -0.25) is 4.90 Å². The molecule has 2 heterocycles. The zero-order chi connectivity index (χ0) is 20.2. The van der Waals surface area contributed by atoms with Crippen LogP contribution in [0.5, 0.6) is 0 Å². The van der Waals surface area contributed by atoms with Crippen LogP contribution in [-0.2, 0) is 0 Å². The third-order valence-corrected chi connectivity index (χ3v) is 6.20. The van der Waals surface area contributed by atoms with Crippen LogP contribution < -0.4 is 15.9 Å². The molecule has 0 atom stereocenters. The smallest absolute Gasteiger partial charge is 0.323 e. The van der Waals surface area contributed by atoms with E-state index in [0.717, 1.165) is 74.5 Å². The summed E-state index contributed by atoms with van der Waals surface area (Å²) in [6.45, 7) is 6.02. The number of imidazole rings is 1. The maximum atomic E-state index is 11.3. The minimum absolute atomic E-state index is 0.171. The molecule has 1 saturated heterocycles. The number of nitrogens with one attached hydrogen (secondary N) is 3. The van der Waals surface area contributed by atoms with Crippen molar-refractivity contribution >= 4 is 45.6 Å². The van der Waals surface area contributed by atoms with Gasteiger partial charge in [0.2, 0.25) is 0 Å². The monoisotopic (exact) mass is 433 g/mol. The van der Waals surface area contributed by atoms with Crippen molar-refractivity contribution in [1.29, 1.82) is 0 Å². The molecule has 4 rings (SSSR count). The van der Waals surface area contributed by atoms with E-state index in [1.807, 2.05) is 36.4 Å². The van der Waals surface area contributed by atoms with E-state index in [-0.39, 0.29) is 5.69 Å². The molecule has 1 aliphatic rings. The fourth-order valence-electron chi connectivity index (χ4n) is 3.78. The quantitative estimate of drug-likeness (QED) is 0.489. The molecule has 2 aromatic carbocycles. The van der Waals surface area contributed by atoms with Gasteiger partial charge in [0.1, 0.15) is 0 Å². The third kappa shape index (κ3) is 4.89. The summed E-state index contributed by atoms with van der Waals surface area (Å²) in [6.07, 6.45) is 2.25. The lowest BCUT2D eigenvalue weighted by Gasteiger charge is -2.36. The Hall–Kier alpha value is -2.15. The van der Waals surface area contributed by atoms with Gasteiger partial charge >= 0.3 is 5.69 Å². The van der Waals surface area contributed by atoms with Gasteiger partial charge in [-0.25, -0.2) is 4.79 Å². The van der Waals surface area contributed by atoms with E-state index in [2.05, 4.69) is 25.1 Å². The zero-order valence-corrected chi connectivity index (χ0v) is 17.7. The van der Waals surface area contributed by atoms with E-state index in [0.29, 0.717) is 10.0 Å². The molecule has 0 unspecified atom stereocenters. The van der Waals surface area contributed by atoms with Crippen LogP contribution >= 0.6 is 23.2 Å². The van der Waals surface area contributed by atoms with E-state index in [1.54, 1.807) is 0 Å². The van der Waals surface area contributed by atoms with Gasteiger partial charge < -0.3 is 20.2 Å². The Morgan fingerprint density at radius 1 is 0.966 bits per heavy atom. The van der Waals surface area contributed by atoms with E-state index >= 15 is 0 Å². The fraction of sp³-hybridized carbons (Fsp3) is 0.381. The topological polar surface area (TPSA) is 67.2 Å². The van der Waals surface area contributed by atoms with Gasteiger partial charge in [-0.1, -0.05) is 29.3 Å². The van der Waals surface area contributed by atoms with Crippen molar-refractivity contribution in [2.45, 2.75) is 12.8 Å². The first-order valence-electron chi connectivity index (χ1n) is 9.97. The highest BCUT2D eigenvalue weighted by molar-refractivity contribution is 6.43. The Labute approximate surface area is 179 Å². The summed E-state index contributed by atoms with van der Waals surface area (Å²) in [5.74, 6) is 0. The van der Waals surface area contributed by atoms with Gasteiger partial charge in [-0.2, -0.15) is 0 Å². The Morgan fingerprint density at radius 2 is 1.76 bits per heavy atom. The number of hydrogen-bond acceptors (Lipinski definition) is 4. The molecule has 1 fully saturated rings. The van der Waals surface area contributed by atoms with Crippen LogP contribution in [0.2, 0.25) is 10.0 Å². The third-order valence-electron chi connectivity index (χ3n) is 5.39. The highest BCUT2D eigenvalue weighted by Gasteiger charge is 2.19. The normalized spacial score (nSPS) is 15.2. The summed E-state index contributed by atoms with van der Waals surface area (Å²) in [5.41, 5.74) is 3.55. The van der Waals surface area contributed by atoms with Crippen molar-refractivity contribution in [3.05, 3.63) is 56.9 Å². The number of fused-ring (bicyclic) bond motifs is 1. The second-order valence-corrected chi connectivity index (χ2v) is 8.16. The number of hydrogen-bond donors (Lipinski definition) is 3. The van der Waals surface area contributed by atoms with Crippen molar-refractivity contribution in [2.75, 3.05) is 49.5 Å². The van der Waals surface area contributed by atoms with Gasteiger partial charge in [0.05, 0.1) is 26.8 Å². The van der Waals surface area contributed by atoms with Gasteiger partial charge in [0, 0.05) is 38.4 Å². The SMILES string of the molecule is O=c1[nH]c2ccc(NCCCCN3CCN(c4cccc(Cl)c4Cl)CC3)cc2[nH]1. The highest BCUT2D eigenvalue weighted by Crippen LogP contribution is 2.32. The predicted octanol–water partition coefficient (Wildman–Crippen LogP) is 4.18. The summed E-state index contributed by atoms with van der Waals surface area (Å²) in [4.78, 5) is 21.7. The Balaban J connectivity index is 1.17. The summed E-state index contributed by atoms with van der Waals surface area (Å²) >= 11 is 12.5. The van der Waals surface area contributed by atoms with Gasteiger partial charge in [0.15, 0.2) is 0 Å². The van der Waals surface area contributed by atoms with Crippen LogP contribution in [-0.4, -0.2) is 54.1 Å². The number of piperazine rings is 1. The number of nitrogens with zero attached hydrogens (tertiary/aromatic N) is 2. The van der Waals surface area contributed by atoms with Crippen molar-refractivity contribution < 1.29 is 0 Å². The minimum atomic E-state index is -0.171. The second-order valence-electron chi connectivity index (χ2n) is 7.38. The van der Waals surface area contributed by atoms with Gasteiger partial charge in [-0.15, -0.1) is 0 Å². The van der Waals surface area contributed by atoms with Crippen LogP contribution in [0.4, 0.5) is 11.4 Å². The first-order chi connectivity index (χ1) is 14.1. The standard InChI is InChI=1S/C21H25Cl2N5O/c22-16-4-3-5-19(20(16)23)28-12-10-27(11-13-28)9-2-1-8-24-15-6-7-17-18(14-15)26-21(29)25-17/h3-7,14,24H,1-2,8-13H2,(H2,25,26,29). The van der Waals surface area contributed by atoms with Crippen LogP contribution in [0.15, 0.2) is 41.2 Å². The predicted molar refractivity (Wildman–Crippen MR) is 122 cm³/mol. The van der Waals surface area contributed by atoms with Crippen LogP contribution in [0, 0.1) is 0 Å². The van der Waals surface area contributed by atoms with Crippen molar-refractivity contribution in [3.8, 4) is 0 Å². The van der Waals surface area contributed by atoms with E-state index in [4.69, 9.17) is 23.2 Å². The molecule has 3 N–H and O–H groups in total. The minimum Gasteiger partial charge on any atom is -0.385 e. The van der Waals surface area contributed by atoms with E-state index < -0.39 is 0 Å². The van der Waals surface area contributed by atoms with E-state index in [9.17, 15) is 4.79 Å². The molecule has 154 valence electrons. The largest absolute Gasteiger partial charge is 0.385 e. The number of anilines is 2. The number of halogens is 2. The van der Waals surface area contributed by atoms with Crippen LogP contribution in [0.25, 0.3) is 11.0 Å². The Kier molecular flexibility index (Phi) is 6.33. The number of aromatic nitrogens is 2. The first-order valence-corrected chi connectivity index (χ1v) is 10.7. The molecular weight excluding hydrogens is 409 g/mol. The average Bonchev–Trinajstić information content (AvgIpc) is 3.10. The van der Waals surface area contributed by atoms with Crippen LogP contribution in [0.1, 0.15) is 12.8 Å². The first kappa shape index (κ1) is 20.1. The molecule has 1 aliphatic heterocycles. The van der Waals surface area contributed by atoms with Crippen molar-refractivity contribution in [1.82, 2.24) is 14.9 Å². The molecule has 1 aromatic heterocycles. The van der Waals surface area contributed by atoms with Gasteiger partial charge in [-0.05, 0) is 49.7 Å². The van der Waals surface area contributed by atoms with Crippen molar-refractivity contribution in [2.24, 2.45) is 0 Å². The average molecular weight is 434 g/mol. The summed E-state index contributed by atoms with van der Waals surface area (Å²) < 4.78 is 0. The maximum absolute atomic E-state index is 11.3. The lowest BCUT2D eigenvalue weighted by Crippen LogP contribution is -2.46. The summed E-state index contributed by atoms with van der Waals surface area (Å²) in [7, 11) is 0. The summed E-state index contributed by atoms with van der Waals surface area (Å²) in [5, 5.41) is 4.69. The van der Waals surface area contributed by atoms with Crippen molar-refractivity contribution in [3.63, 3.8) is 0 Å². The molecule has 0 saturated carbocycles. The van der Waals surface area contributed by atoms with Crippen LogP contribution in [0.3, 0.4) is 0 Å². The lowest BCUT2D eigenvalue weighted by molar-refractivity contribution is 0.254. The molecule has 8 heteroatoms. The highest BCUT2D eigenvalue weighted by atomic mass is 35.5. The second kappa shape index (κ2) is 9.11. The Morgan fingerprint density at radius 3 is 2.59 bits per heavy atom. The number of unbranched alkanes of at least 4 members (excludes halogenated alkanes) is 1. The van der Waals surface area contributed by atoms with E-state index in [1.165, 1.54) is 0 Å². The number of rotatable bonds is 7. The number of aromatic amines is 2.